The van der Waals surface area contributed by atoms with E-state index in [1.807, 2.05) is 0 Å². The summed E-state index contributed by atoms with van der Waals surface area (Å²) in [6.07, 6.45) is 1.38. The highest BCUT2D eigenvalue weighted by molar-refractivity contribution is 4.73. The average Bonchev–Trinajstić information content (AvgIpc) is 2.24. The lowest BCUT2D eigenvalue weighted by Gasteiger charge is -2.23. The predicted octanol–water partition coefficient (Wildman–Crippen LogP) is 1.000. The minimum absolute atomic E-state index is 0.358. The van der Waals surface area contributed by atoms with Crippen molar-refractivity contribution in [3.8, 4) is 0 Å². The molecule has 2 N–H and O–H groups in total. The second kappa shape index (κ2) is 7.96. The largest absolute Gasteiger partial charge is 0.374 e. The fourth-order valence-corrected chi connectivity index (χ4v) is 1.69. The molecule has 0 aromatic heterocycles. The molecule has 90 valence electrons. The minimum atomic E-state index is -2.36. The fraction of sp³-hybridized carbons (Fsp3) is 1.00. The van der Waals surface area contributed by atoms with Crippen LogP contribution < -0.4 is 10.6 Å². The molecule has 0 aromatic carbocycles. The summed E-state index contributed by atoms with van der Waals surface area (Å²) < 4.78 is 28.1. The van der Waals surface area contributed by atoms with Crippen LogP contribution in [0.5, 0.6) is 0 Å². The first-order valence-electron chi connectivity index (χ1n) is 5.59. The summed E-state index contributed by atoms with van der Waals surface area (Å²) in [4.78, 5) is 0. The van der Waals surface area contributed by atoms with Gasteiger partial charge in [-0.1, -0.05) is 6.42 Å². The van der Waals surface area contributed by atoms with E-state index in [2.05, 4.69) is 10.6 Å². The van der Waals surface area contributed by atoms with Gasteiger partial charge in [0.15, 0.2) is 0 Å². The van der Waals surface area contributed by atoms with E-state index in [0.29, 0.717) is 19.2 Å². The molecule has 15 heavy (non-hydrogen) atoms. The van der Waals surface area contributed by atoms with Gasteiger partial charge in [0.05, 0.1) is 6.61 Å². The number of hydrogen-bond acceptors (Lipinski definition) is 3. The number of rotatable bonds is 7. The second-order valence-corrected chi connectivity index (χ2v) is 3.82. The van der Waals surface area contributed by atoms with Crippen molar-refractivity contribution in [2.75, 3.05) is 32.8 Å². The minimum Gasteiger partial charge on any atom is -0.374 e. The van der Waals surface area contributed by atoms with Gasteiger partial charge in [-0.25, -0.2) is 8.78 Å². The van der Waals surface area contributed by atoms with E-state index in [9.17, 15) is 8.78 Å². The fourth-order valence-electron chi connectivity index (χ4n) is 1.69. The van der Waals surface area contributed by atoms with Gasteiger partial charge in [-0.2, -0.15) is 0 Å². The Morgan fingerprint density at radius 1 is 1.40 bits per heavy atom. The monoisotopic (exact) mass is 222 g/mol. The molecule has 1 aliphatic heterocycles. The molecule has 0 radical (unpaired) electrons. The highest BCUT2D eigenvalue weighted by Crippen LogP contribution is 2.05. The summed E-state index contributed by atoms with van der Waals surface area (Å²) in [5, 5.41) is 6.60. The molecule has 1 saturated heterocycles. The molecular formula is C10H20F2N2O. The number of piperidine rings is 1. The van der Waals surface area contributed by atoms with Crippen LogP contribution in [-0.4, -0.2) is 45.3 Å². The van der Waals surface area contributed by atoms with Crippen molar-refractivity contribution in [3.63, 3.8) is 0 Å². The van der Waals surface area contributed by atoms with E-state index in [1.54, 1.807) is 0 Å². The first-order chi connectivity index (χ1) is 7.29. The molecule has 1 rings (SSSR count). The molecule has 0 aromatic rings. The zero-order chi connectivity index (χ0) is 10.9. The third-order valence-electron chi connectivity index (χ3n) is 2.47. The summed E-state index contributed by atoms with van der Waals surface area (Å²) >= 11 is 0. The van der Waals surface area contributed by atoms with Gasteiger partial charge in [-0.15, -0.1) is 0 Å². The van der Waals surface area contributed by atoms with Crippen LogP contribution in [0, 0.1) is 0 Å². The van der Waals surface area contributed by atoms with Gasteiger partial charge in [0, 0.05) is 19.1 Å². The first kappa shape index (κ1) is 12.8. The summed E-state index contributed by atoms with van der Waals surface area (Å²) in [6.45, 7) is 2.54. The molecule has 3 nitrogen and oxygen atoms in total. The van der Waals surface area contributed by atoms with Gasteiger partial charge >= 0.3 is 0 Å². The number of ether oxygens (including phenoxy) is 1. The van der Waals surface area contributed by atoms with Crippen LogP contribution in [0.15, 0.2) is 0 Å². The summed E-state index contributed by atoms with van der Waals surface area (Å²) in [6, 6.07) is 0.536. The van der Waals surface area contributed by atoms with Crippen molar-refractivity contribution in [1.82, 2.24) is 10.6 Å². The Morgan fingerprint density at radius 3 is 2.93 bits per heavy atom. The van der Waals surface area contributed by atoms with Gasteiger partial charge in [-0.3, -0.25) is 0 Å². The van der Waals surface area contributed by atoms with Crippen molar-refractivity contribution in [3.05, 3.63) is 0 Å². The Morgan fingerprint density at radius 2 is 2.27 bits per heavy atom. The molecule has 1 unspecified atom stereocenters. The van der Waals surface area contributed by atoms with Gasteiger partial charge in [0.25, 0.3) is 6.43 Å². The number of alkyl halides is 2. The Labute approximate surface area is 89.6 Å². The summed E-state index contributed by atoms with van der Waals surface area (Å²) in [7, 11) is 0. The molecular weight excluding hydrogens is 202 g/mol. The topological polar surface area (TPSA) is 33.3 Å². The Kier molecular flexibility index (Phi) is 6.80. The molecule has 1 atom stereocenters. The van der Waals surface area contributed by atoms with Gasteiger partial charge in [0.2, 0.25) is 0 Å². The lowest BCUT2D eigenvalue weighted by Crippen LogP contribution is -2.42. The molecule has 5 heteroatoms. The van der Waals surface area contributed by atoms with Crippen LogP contribution in [0.4, 0.5) is 8.78 Å². The van der Waals surface area contributed by atoms with E-state index in [-0.39, 0.29) is 0 Å². The van der Waals surface area contributed by atoms with Crippen LogP contribution in [0.3, 0.4) is 0 Å². The molecule has 0 spiro atoms. The van der Waals surface area contributed by atoms with Crippen LogP contribution in [-0.2, 0) is 4.74 Å². The third-order valence-corrected chi connectivity index (χ3v) is 2.47. The maximum Gasteiger partial charge on any atom is 0.261 e. The van der Waals surface area contributed by atoms with Crippen molar-refractivity contribution >= 4 is 0 Å². The molecule has 0 aliphatic carbocycles. The molecule has 1 aliphatic rings. The van der Waals surface area contributed by atoms with E-state index in [4.69, 9.17) is 4.74 Å². The highest BCUT2D eigenvalue weighted by atomic mass is 19.3. The van der Waals surface area contributed by atoms with Gasteiger partial charge < -0.3 is 15.4 Å². The standard InChI is InChI=1S/C10H20F2N2O/c11-10(12)8-15-6-5-13-7-9-3-1-2-4-14-9/h9-10,13-14H,1-8H2. The van der Waals surface area contributed by atoms with Gasteiger partial charge in [0.1, 0.15) is 6.61 Å². The zero-order valence-electron chi connectivity index (χ0n) is 8.98. The number of halogens is 2. The SMILES string of the molecule is FC(F)COCCNCC1CCCCN1. The van der Waals surface area contributed by atoms with Crippen molar-refractivity contribution in [1.29, 1.82) is 0 Å². The average molecular weight is 222 g/mol. The first-order valence-corrected chi connectivity index (χ1v) is 5.59. The summed E-state index contributed by atoms with van der Waals surface area (Å²) in [5.74, 6) is 0. The Hall–Kier alpha value is -0.260. The van der Waals surface area contributed by atoms with Crippen LogP contribution >= 0.6 is 0 Å². The third kappa shape index (κ3) is 6.76. The highest BCUT2D eigenvalue weighted by Gasteiger charge is 2.11. The number of hydrogen-bond donors (Lipinski definition) is 2. The van der Waals surface area contributed by atoms with E-state index in [1.165, 1.54) is 19.3 Å². The maximum absolute atomic E-state index is 11.7. The number of nitrogens with one attached hydrogen (secondary N) is 2. The van der Waals surface area contributed by atoms with Crippen LogP contribution in [0.25, 0.3) is 0 Å². The van der Waals surface area contributed by atoms with E-state index >= 15 is 0 Å². The predicted molar refractivity (Wildman–Crippen MR) is 55.3 cm³/mol. The quantitative estimate of drug-likeness (QED) is 0.630. The Bertz CT molecular complexity index is 152. The molecule has 0 saturated carbocycles. The maximum atomic E-state index is 11.7. The smallest absolute Gasteiger partial charge is 0.261 e. The van der Waals surface area contributed by atoms with E-state index < -0.39 is 13.0 Å². The van der Waals surface area contributed by atoms with Crippen LogP contribution in [0.1, 0.15) is 19.3 Å². The zero-order valence-corrected chi connectivity index (χ0v) is 8.98. The molecule has 0 amide bonds. The Balaban J connectivity index is 1.83. The normalized spacial score (nSPS) is 22.2. The second-order valence-electron chi connectivity index (χ2n) is 3.82. The van der Waals surface area contributed by atoms with Crippen molar-refractivity contribution < 1.29 is 13.5 Å². The van der Waals surface area contributed by atoms with Crippen molar-refractivity contribution in [2.45, 2.75) is 31.7 Å². The van der Waals surface area contributed by atoms with Crippen LogP contribution in [0.2, 0.25) is 0 Å². The lowest BCUT2D eigenvalue weighted by atomic mass is 10.1. The lowest BCUT2D eigenvalue weighted by molar-refractivity contribution is 0.0186. The van der Waals surface area contributed by atoms with E-state index in [0.717, 1.165) is 13.1 Å². The summed E-state index contributed by atoms with van der Waals surface area (Å²) in [5.41, 5.74) is 0. The molecule has 1 fully saturated rings. The molecule has 1 heterocycles. The molecule has 0 bridgehead atoms. The van der Waals surface area contributed by atoms with Gasteiger partial charge in [-0.05, 0) is 19.4 Å². The van der Waals surface area contributed by atoms with Crippen molar-refractivity contribution in [2.24, 2.45) is 0 Å².